The van der Waals surface area contributed by atoms with E-state index in [1.165, 1.54) is 11.1 Å². The third-order valence-electron chi connectivity index (χ3n) is 2.41. The molecule has 17 heavy (non-hydrogen) atoms. The molecule has 0 heterocycles. The Morgan fingerprint density at radius 3 is 2.47 bits per heavy atom. The predicted octanol–water partition coefficient (Wildman–Crippen LogP) is 4.18. The Hall–Kier alpha value is -1.34. The maximum Gasteiger partial charge on any atom is 0.0161 e. The average Bonchev–Trinajstić information content (AvgIpc) is 2.31. The van der Waals surface area contributed by atoms with Gasteiger partial charge in [-0.25, -0.2) is 0 Å². The van der Waals surface area contributed by atoms with Gasteiger partial charge < -0.3 is 5.32 Å². The van der Waals surface area contributed by atoms with Gasteiger partial charge in [0.1, 0.15) is 0 Å². The molecule has 0 fully saturated rings. The second-order valence-electron chi connectivity index (χ2n) is 4.13. The van der Waals surface area contributed by atoms with E-state index in [9.17, 15) is 0 Å². The van der Waals surface area contributed by atoms with E-state index in [0.717, 1.165) is 18.5 Å². The topological polar surface area (TPSA) is 12.0 Å². The van der Waals surface area contributed by atoms with Crippen molar-refractivity contribution < 1.29 is 0 Å². The van der Waals surface area contributed by atoms with E-state index in [2.05, 4.69) is 62.2 Å². The number of likely N-dealkylation sites (N-methyl/N-ethyl adjacent to an activating group) is 1. The molecule has 0 radical (unpaired) electrons. The summed E-state index contributed by atoms with van der Waals surface area (Å²) >= 11 is 0. The Labute approximate surface area is 106 Å². The number of hydrogen-bond acceptors (Lipinski definition) is 1. The van der Waals surface area contributed by atoms with Crippen molar-refractivity contribution in [2.24, 2.45) is 0 Å². The number of nitrogens with one attached hydrogen (secondary N) is 1. The predicted molar refractivity (Wildman–Crippen MR) is 79.2 cm³/mol. The van der Waals surface area contributed by atoms with Crippen LogP contribution in [0.1, 0.15) is 27.2 Å². The number of allylic oxidation sites excluding steroid dienone is 8. The third kappa shape index (κ3) is 8.47. The van der Waals surface area contributed by atoms with Gasteiger partial charge in [-0.15, -0.1) is 0 Å². The summed E-state index contributed by atoms with van der Waals surface area (Å²) in [6, 6.07) is 0. The quantitative estimate of drug-likeness (QED) is 0.512. The first-order valence-electron chi connectivity index (χ1n) is 6.07. The minimum atomic E-state index is 0.924. The fourth-order valence-electron chi connectivity index (χ4n) is 1.27. The normalized spacial score (nSPS) is 13.9. The Morgan fingerprint density at radius 1 is 1.18 bits per heavy atom. The Bertz CT molecular complexity index is 341. The average molecular weight is 231 g/mol. The molecule has 1 nitrogen and oxygen atoms in total. The van der Waals surface area contributed by atoms with E-state index < -0.39 is 0 Å². The van der Waals surface area contributed by atoms with Gasteiger partial charge in [-0.1, -0.05) is 48.6 Å². The van der Waals surface area contributed by atoms with Gasteiger partial charge in [0.15, 0.2) is 0 Å². The highest BCUT2D eigenvalue weighted by Crippen LogP contribution is 2.09. The van der Waals surface area contributed by atoms with E-state index >= 15 is 0 Å². The molecule has 0 atom stereocenters. The summed E-state index contributed by atoms with van der Waals surface area (Å²) in [6.45, 7) is 11.2. The molecule has 1 N–H and O–H groups in total. The van der Waals surface area contributed by atoms with E-state index in [1.807, 2.05) is 14.0 Å². The lowest BCUT2D eigenvalue weighted by molar-refractivity contribution is 0.880. The first-order chi connectivity index (χ1) is 8.11. The third-order valence-corrected chi connectivity index (χ3v) is 2.41. The fraction of sp³-hybridized carbons (Fsp3) is 0.375. The summed E-state index contributed by atoms with van der Waals surface area (Å²) in [5, 5.41) is 3.13. The van der Waals surface area contributed by atoms with Gasteiger partial charge in [-0.05, 0) is 45.4 Å². The van der Waals surface area contributed by atoms with Crippen LogP contribution in [0.15, 0.2) is 59.8 Å². The van der Waals surface area contributed by atoms with Gasteiger partial charge >= 0.3 is 0 Å². The highest BCUT2D eigenvalue weighted by Gasteiger charge is 1.90. The number of hydrogen-bond donors (Lipinski definition) is 1. The van der Waals surface area contributed by atoms with Crippen LogP contribution in [0.4, 0.5) is 0 Å². The zero-order valence-corrected chi connectivity index (χ0v) is 11.6. The SMILES string of the molecule is C=C(C=CCC=CC)C(C)=CC=C(C)CNC. The molecule has 0 aromatic rings. The molecule has 0 amide bonds. The van der Waals surface area contributed by atoms with Crippen molar-refractivity contribution in [3.05, 3.63) is 59.8 Å². The molecular weight excluding hydrogens is 206 g/mol. The van der Waals surface area contributed by atoms with Crippen molar-refractivity contribution in [1.29, 1.82) is 0 Å². The summed E-state index contributed by atoms with van der Waals surface area (Å²) in [6.07, 6.45) is 13.6. The molecule has 0 rings (SSSR count). The van der Waals surface area contributed by atoms with Crippen LogP contribution in [0.5, 0.6) is 0 Å². The standard InChI is InChI=1S/C16H25N/c1-6-7-8-9-10-15(3)16(4)12-11-14(2)13-17-5/h6-7,9-12,17H,3,8,13H2,1-2,4-5H3. The Kier molecular flexibility index (Phi) is 9.08. The van der Waals surface area contributed by atoms with Crippen molar-refractivity contribution in [3.8, 4) is 0 Å². The lowest BCUT2D eigenvalue weighted by atomic mass is 10.1. The van der Waals surface area contributed by atoms with Crippen LogP contribution in [-0.4, -0.2) is 13.6 Å². The zero-order valence-electron chi connectivity index (χ0n) is 11.6. The zero-order chi connectivity index (χ0) is 13.1. The van der Waals surface area contributed by atoms with Crippen LogP contribution >= 0.6 is 0 Å². The van der Waals surface area contributed by atoms with E-state index in [4.69, 9.17) is 0 Å². The monoisotopic (exact) mass is 231 g/mol. The molecule has 0 aromatic carbocycles. The molecule has 0 saturated heterocycles. The molecule has 0 saturated carbocycles. The van der Waals surface area contributed by atoms with Gasteiger partial charge in [0.2, 0.25) is 0 Å². The molecule has 0 aliphatic heterocycles. The van der Waals surface area contributed by atoms with Gasteiger partial charge in [0.05, 0.1) is 0 Å². The summed E-state index contributed by atoms with van der Waals surface area (Å²) in [7, 11) is 1.96. The molecule has 0 spiro atoms. The second kappa shape index (κ2) is 9.86. The molecular formula is C16H25N. The smallest absolute Gasteiger partial charge is 0.0161 e. The fourth-order valence-corrected chi connectivity index (χ4v) is 1.27. The van der Waals surface area contributed by atoms with Crippen molar-refractivity contribution >= 4 is 0 Å². The molecule has 0 bridgehead atoms. The highest BCUT2D eigenvalue weighted by atomic mass is 14.8. The molecule has 1 heteroatoms. The largest absolute Gasteiger partial charge is 0.316 e. The molecule has 0 aliphatic carbocycles. The Balaban J connectivity index is 4.34. The van der Waals surface area contributed by atoms with Gasteiger partial charge in [-0.3, -0.25) is 0 Å². The first kappa shape index (κ1) is 15.7. The van der Waals surface area contributed by atoms with Crippen molar-refractivity contribution in [3.63, 3.8) is 0 Å². The summed E-state index contributed by atoms with van der Waals surface area (Å²) in [5.74, 6) is 0. The van der Waals surface area contributed by atoms with Crippen molar-refractivity contribution in [2.75, 3.05) is 13.6 Å². The summed E-state index contributed by atoms with van der Waals surface area (Å²) < 4.78 is 0. The maximum atomic E-state index is 4.05. The van der Waals surface area contributed by atoms with Crippen molar-refractivity contribution in [2.45, 2.75) is 27.2 Å². The lowest BCUT2D eigenvalue weighted by Gasteiger charge is -2.00. The minimum absolute atomic E-state index is 0.924. The van der Waals surface area contributed by atoms with E-state index in [1.54, 1.807) is 0 Å². The minimum Gasteiger partial charge on any atom is -0.316 e. The maximum absolute atomic E-state index is 4.05. The van der Waals surface area contributed by atoms with Crippen LogP contribution in [0.2, 0.25) is 0 Å². The van der Waals surface area contributed by atoms with Crippen LogP contribution in [0.3, 0.4) is 0 Å². The first-order valence-corrected chi connectivity index (χ1v) is 6.07. The summed E-state index contributed by atoms with van der Waals surface area (Å²) in [4.78, 5) is 0. The van der Waals surface area contributed by atoms with Gasteiger partial charge in [-0.2, -0.15) is 0 Å². The van der Waals surface area contributed by atoms with Gasteiger partial charge in [0.25, 0.3) is 0 Å². The van der Waals surface area contributed by atoms with Crippen LogP contribution < -0.4 is 5.32 Å². The second-order valence-corrected chi connectivity index (χ2v) is 4.13. The Morgan fingerprint density at radius 2 is 1.88 bits per heavy atom. The van der Waals surface area contributed by atoms with Crippen LogP contribution in [0.25, 0.3) is 0 Å². The van der Waals surface area contributed by atoms with Crippen molar-refractivity contribution in [1.82, 2.24) is 5.32 Å². The highest BCUT2D eigenvalue weighted by molar-refractivity contribution is 5.38. The van der Waals surface area contributed by atoms with E-state index in [-0.39, 0.29) is 0 Å². The number of rotatable bonds is 7. The van der Waals surface area contributed by atoms with E-state index in [0.29, 0.717) is 0 Å². The molecule has 94 valence electrons. The molecule has 0 aliphatic rings. The lowest BCUT2D eigenvalue weighted by Crippen LogP contribution is -2.08. The molecule has 0 aromatic heterocycles. The van der Waals surface area contributed by atoms with Crippen LogP contribution in [-0.2, 0) is 0 Å². The van der Waals surface area contributed by atoms with Gasteiger partial charge in [0, 0.05) is 6.54 Å². The molecule has 0 unspecified atom stereocenters. The van der Waals surface area contributed by atoms with Crippen LogP contribution in [0, 0.1) is 0 Å². The summed E-state index contributed by atoms with van der Waals surface area (Å²) in [5.41, 5.74) is 3.60.